The highest BCUT2D eigenvalue weighted by Gasteiger charge is 2.31. The van der Waals surface area contributed by atoms with Gasteiger partial charge in [-0.1, -0.05) is 19.1 Å². The summed E-state index contributed by atoms with van der Waals surface area (Å²) >= 11 is 0. The molecule has 0 saturated heterocycles. The first-order chi connectivity index (χ1) is 10.3. The van der Waals surface area contributed by atoms with Crippen molar-refractivity contribution in [3.63, 3.8) is 0 Å². The molecule has 0 spiro atoms. The van der Waals surface area contributed by atoms with Crippen molar-refractivity contribution < 1.29 is 4.74 Å². The normalized spacial score (nSPS) is 14.4. The third-order valence-electron chi connectivity index (χ3n) is 3.91. The second-order valence-corrected chi connectivity index (χ2v) is 5.59. The van der Waals surface area contributed by atoms with Crippen molar-refractivity contribution in [3.8, 4) is 11.4 Å². The molecule has 1 aromatic carbocycles. The molecule has 0 atom stereocenters. The van der Waals surface area contributed by atoms with Crippen LogP contribution >= 0.6 is 0 Å². The van der Waals surface area contributed by atoms with Crippen molar-refractivity contribution in [1.29, 1.82) is 0 Å². The lowest BCUT2D eigenvalue weighted by molar-refractivity contribution is 0.411. The van der Waals surface area contributed by atoms with Crippen molar-refractivity contribution in [2.75, 3.05) is 13.7 Å². The van der Waals surface area contributed by atoms with Crippen LogP contribution < -0.4 is 10.1 Å². The Hall–Kier alpha value is -1.81. The van der Waals surface area contributed by atoms with E-state index in [2.05, 4.69) is 28.1 Å². The second kappa shape index (κ2) is 6.31. The standard InChI is InChI=1S/C17H23N3O/c1-3-10-18-11-14-12-19-20(17(14)13-8-9-13)15-6-4-5-7-16(15)21-2/h4-7,12-13,18H,3,8-11H2,1-2H3. The number of benzene rings is 1. The van der Waals surface area contributed by atoms with E-state index in [1.165, 1.54) is 24.1 Å². The molecule has 1 N–H and O–H groups in total. The van der Waals surface area contributed by atoms with Crippen LogP contribution in [-0.4, -0.2) is 23.4 Å². The highest BCUT2D eigenvalue weighted by molar-refractivity contribution is 5.48. The van der Waals surface area contributed by atoms with Crippen molar-refractivity contribution in [3.05, 3.63) is 41.7 Å². The number of methoxy groups -OCH3 is 1. The van der Waals surface area contributed by atoms with Gasteiger partial charge in [0.25, 0.3) is 0 Å². The number of nitrogens with one attached hydrogen (secondary N) is 1. The maximum absolute atomic E-state index is 5.49. The minimum absolute atomic E-state index is 0.649. The lowest BCUT2D eigenvalue weighted by Gasteiger charge is -2.12. The van der Waals surface area contributed by atoms with E-state index in [1.54, 1.807) is 7.11 Å². The fraction of sp³-hybridized carbons (Fsp3) is 0.471. The number of rotatable bonds is 7. The Morgan fingerprint density at radius 3 is 2.86 bits per heavy atom. The fourth-order valence-corrected chi connectivity index (χ4v) is 2.72. The molecule has 0 bridgehead atoms. The number of aromatic nitrogens is 2. The smallest absolute Gasteiger partial charge is 0.144 e. The van der Waals surface area contributed by atoms with Gasteiger partial charge in [-0.15, -0.1) is 0 Å². The van der Waals surface area contributed by atoms with Crippen molar-refractivity contribution in [1.82, 2.24) is 15.1 Å². The van der Waals surface area contributed by atoms with E-state index in [0.29, 0.717) is 5.92 Å². The molecule has 1 saturated carbocycles. The Kier molecular flexibility index (Phi) is 4.25. The molecule has 3 rings (SSSR count). The van der Waals surface area contributed by atoms with E-state index in [1.807, 2.05) is 24.4 Å². The van der Waals surface area contributed by atoms with Gasteiger partial charge in [-0.2, -0.15) is 5.10 Å². The topological polar surface area (TPSA) is 39.1 Å². The Morgan fingerprint density at radius 1 is 1.33 bits per heavy atom. The average Bonchev–Trinajstić information content (AvgIpc) is 3.28. The second-order valence-electron chi connectivity index (χ2n) is 5.59. The molecule has 0 amide bonds. The van der Waals surface area contributed by atoms with Gasteiger partial charge in [0.15, 0.2) is 0 Å². The molecule has 0 unspecified atom stereocenters. The van der Waals surface area contributed by atoms with Crippen LogP contribution in [0.2, 0.25) is 0 Å². The summed E-state index contributed by atoms with van der Waals surface area (Å²) in [5.74, 6) is 1.52. The minimum atomic E-state index is 0.649. The lowest BCUT2D eigenvalue weighted by atomic mass is 10.1. The Labute approximate surface area is 126 Å². The maximum atomic E-state index is 5.49. The summed E-state index contributed by atoms with van der Waals surface area (Å²) in [5.41, 5.74) is 3.70. The van der Waals surface area contributed by atoms with E-state index < -0.39 is 0 Å². The number of para-hydroxylation sites is 2. The molecular formula is C17H23N3O. The van der Waals surface area contributed by atoms with E-state index >= 15 is 0 Å². The molecule has 1 fully saturated rings. The van der Waals surface area contributed by atoms with Crippen LogP contribution in [0.4, 0.5) is 0 Å². The summed E-state index contributed by atoms with van der Waals surface area (Å²) in [7, 11) is 1.71. The van der Waals surface area contributed by atoms with Gasteiger partial charge in [-0.3, -0.25) is 0 Å². The molecule has 0 radical (unpaired) electrons. The third kappa shape index (κ3) is 2.95. The van der Waals surface area contributed by atoms with Gasteiger partial charge in [0.2, 0.25) is 0 Å². The summed E-state index contributed by atoms with van der Waals surface area (Å²) in [6.45, 7) is 4.13. The number of hydrogen-bond acceptors (Lipinski definition) is 3. The van der Waals surface area contributed by atoms with Crippen LogP contribution in [0.15, 0.2) is 30.5 Å². The zero-order valence-corrected chi connectivity index (χ0v) is 12.8. The molecule has 2 aromatic rings. The molecule has 1 heterocycles. The molecule has 1 aliphatic carbocycles. The predicted molar refractivity (Wildman–Crippen MR) is 84.1 cm³/mol. The van der Waals surface area contributed by atoms with E-state index in [0.717, 1.165) is 30.9 Å². The van der Waals surface area contributed by atoms with Crippen LogP contribution in [0.5, 0.6) is 5.75 Å². The Bertz CT molecular complexity index is 602. The van der Waals surface area contributed by atoms with Gasteiger partial charge in [-0.05, 0) is 37.9 Å². The van der Waals surface area contributed by atoms with Crippen molar-refractivity contribution in [2.24, 2.45) is 0 Å². The van der Waals surface area contributed by atoms with Crippen molar-refractivity contribution in [2.45, 2.75) is 38.6 Å². The Balaban J connectivity index is 1.95. The predicted octanol–water partition coefficient (Wildman–Crippen LogP) is 3.26. The molecule has 112 valence electrons. The van der Waals surface area contributed by atoms with Gasteiger partial charge in [0, 0.05) is 18.0 Å². The van der Waals surface area contributed by atoms with Gasteiger partial charge in [0.1, 0.15) is 11.4 Å². The molecule has 1 aliphatic rings. The van der Waals surface area contributed by atoms with Crippen LogP contribution in [-0.2, 0) is 6.54 Å². The molecule has 0 aliphatic heterocycles. The van der Waals surface area contributed by atoms with Gasteiger partial charge >= 0.3 is 0 Å². The van der Waals surface area contributed by atoms with Gasteiger partial charge < -0.3 is 10.1 Å². The lowest BCUT2D eigenvalue weighted by Crippen LogP contribution is -2.15. The molecule has 1 aromatic heterocycles. The van der Waals surface area contributed by atoms with E-state index in [9.17, 15) is 0 Å². The molecule has 4 nitrogen and oxygen atoms in total. The molecule has 4 heteroatoms. The first-order valence-electron chi connectivity index (χ1n) is 7.76. The van der Waals surface area contributed by atoms with Crippen LogP contribution in [0.25, 0.3) is 5.69 Å². The van der Waals surface area contributed by atoms with E-state index in [-0.39, 0.29) is 0 Å². The van der Waals surface area contributed by atoms with Crippen molar-refractivity contribution >= 4 is 0 Å². The third-order valence-corrected chi connectivity index (χ3v) is 3.91. The monoisotopic (exact) mass is 285 g/mol. The summed E-state index contributed by atoms with van der Waals surface area (Å²) in [6.07, 6.45) is 5.69. The van der Waals surface area contributed by atoms with Gasteiger partial charge in [-0.25, -0.2) is 4.68 Å². The quantitative estimate of drug-likeness (QED) is 0.794. The van der Waals surface area contributed by atoms with Gasteiger partial charge in [0.05, 0.1) is 19.0 Å². The Morgan fingerprint density at radius 2 is 2.14 bits per heavy atom. The highest BCUT2D eigenvalue weighted by Crippen LogP contribution is 2.43. The summed E-state index contributed by atoms with van der Waals surface area (Å²) in [5, 5.41) is 8.11. The first-order valence-corrected chi connectivity index (χ1v) is 7.76. The van der Waals surface area contributed by atoms with Crippen LogP contribution in [0.1, 0.15) is 43.4 Å². The fourth-order valence-electron chi connectivity index (χ4n) is 2.72. The summed E-state index contributed by atoms with van der Waals surface area (Å²) < 4.78 is 7.56. The number of hydrogen-bond donors (Lipinski definition) is 1. The maximum Gasteiger partial charge on any atom is 0.144 e. The zero-order chi connectivity index (χ0) is 14.7. The first kappa shape index (κ1) is 14.1. The van der Waals surface area contributed by atoms with Crippen LogP contribution in [0, 0.1) is 0 Å². The van der Waals surface area contributed by atoms with Crippen LogP contribution in [0.3, 0.4) is 0 Å². The number of nitrogens with zero attached hydrogens (tertiary/aromatic N) is 2. The van der Waals surface area contributed by atoms with E-state index in [4.69, 9.17) is 4.74 Å². The SMILES string of the molecule is CCCNCc1cnn(-c2ccccc2OC)c1C1CC1. The minimum Gasteiger partial charge on any atom is -0.494 e. The zero-order valence-electron chi connectivity index (χ0n) is 12.8. The average molecular weight is 285 g/mol. The molecular weight excluding hydrogens is 262 g/mol. The highest BCUT2D eigenvalue weighted by atomic mass is 16.5. The number of ether oxygens (including phenoxy) is 1. The summed E-state index contributed by atoms with van der Waals surface area (Å²) in [6, 6.07) is 8.08. The molecule has 21 heavy (non-hydrogen) atoms. The summed E-state index contributed by atoms with van der Waals surface area (Å²) in [4.78, 5) is 0. The largest absolute Gasteiger partial charge is 0.494 e.